The molecule has 1 aromatic rings. The normalized spacial score (nSPS) is 11.8. The third-order valence-electron chi connectivity index (χ3n) is 2.03. The molecular weight excluding hydrogens is 208 g/mol. The average Bonchev–Trinajstić information content (AvgIpc) is 2.28. The van der Waals surface area contributed by atoms with Crippen LogP contribution >= 0.6 is 0 Å². The number of hydrogen-bond donors (Lipinski definition) is 2. The maximum absolute atomic E-state index is 11.4. The Hall–Kier alpha value is -1.75. The van der Waals surface area contributed by atoms with E-state index in [0.717, 1.165) is 0 Å². The molecule has 5 heteroatoms. The Balaban J connectivity index is 2.91. The summed E-state index contributed by atoms with van der Waals surface area (Å²) < 4.78 is 10.2. The molecule has 16 heavy (non-hydrogen) atoms. The first-order valence-corrected chi connectivity index (χ1v) is 4.86. The van der Waals surface area contributed by atoms with Crippen molar-refractivity contribution in [3.63, 3.8) is 0 Å². The summed E-state index contributed by atoms with van der Waals surface area (Å²) in [7, 11) is 3.10. The molecule has 88 valence electrons. The van der Waals surface area contributed by atoms with Crippen LogP contribution in [0.3, 0.4) is 0 Å². The van der Waals surface area contributed by atoms with Crippen LogP contribution in [0.1, 0.15) is 6.92 Å². The van der Waals surface area contributed by atoms with E-state index in [0.29, 0.717) is 17.2 Å². The van der Waals surface area contributed by atoms with Crippen molar-refractivity contribution in [3.05, 3.63) is 18.2 Å². The van der Waals surface area contributed by atoms with Gasteiger partial charge >= 0.3 is 0 Å². The van der Waals surface area contributed by atoms with Crippen molar-refractivity contribution in [2.45, 2.75) is 13.0 Å². The van der Waals surface area contributed by atoms with Crippen molar-refractivity contribution >= 4 is 11.6 Å². The topological polar surface area (TPSA) is 73.6 Å². The van der Waals surface area contributed by atoms with Crippen LogP contribution in [0.5, 0.6) is 11.5 Å². The molecule has 1 atom stereocenters. The van der Waals surface area contributed by atoms with Crippen LogP contribution in [0, 0.1) is 0 Å². The highest BCUT2D eigenvalue weighted by Gasteiger charge is 2.09. The number of anilines is 1. The van der Waals surface area contributed by atoms with Gasteiger partial charge < -0.3 is 20.5 Å². The number of carbonyl (C=O) groups excluding carboxylic acids is 1. The molecule has 0 aromatic heterocycles. The first-order chi connectivity index (χ1) is 7.56. The zero-order valence-electron chi connectivity index (χ0n) is 9.61. The first kappa shape index (κ1) is 12.3. The standard InChI is InChI=1S/C11H16N2O3/c1-7(12)11(14)13-8-4-9(15-2)6-10(5-8)16-3/h4-7H,12H2,1-3H3,(H,13,14)/t7-/m1/s1. The Morgan fingerprint density at radius 1 is 1.25 bits per heavy atom. The maximum atomic E-state index is 11.4. The lowest BCUT2D eigenvalue weighted by Gasteiger charge is -2.11. The molecule has 0 heterocycles. The summed E-state index contributed by atoms with van der Waals surface area (Å²) in [5, 5.41) is 2.67. The Bertz CT molecular complexity index is 355. The van der Waals surface area contributed by atoms with Crippen molar-refractivity contribution in [1.82, 2.24) is 0 Å². The number of methoxy groups -OCH3 is 2. The largest absolute Gasteiger partial charge is 0.497 e. The van der Waals surface area contributed by atoms with Gasteiger partial charge in [0.25, 0.3) is 0 Å². The van der Waals surface area contributed by atoms with Gasteiger partial charge in [0, 0.05) is 23.9 Å². The van der Waals surface area contributed by atoms with E-state index in [1.807, 2.05) is 0 Å². The van der Waals surface area contributed by atoms with Crippen LogP contribution in [-0.4, -0.2) is 26.2 Å². The molecule has 0 bridgehead atoms. The minimum absolute atomic E-state index is 0.254. The third kappa shape index (κ3) is 3.13. The highest BCUT2D eigenvalue weighted by atomic mass is 16.5. The molecule has 0 radical (unpaired) electrons. The second-order valence-electron chi connectivity index (χ2n) is 3.38. The second kappa shape index (κ2) is 5.37. The lowest BCUT2D eigenvalue weighted by Crippen LogP contribution is -2.32. The van der Waals surface area contributed by atoms with Gasteiger partial charge in [-0.3, -0.25) is 4.79 Å². The van der Waals surface area contributed by atoms with E-state index in [-0.39, 0.29) is 5.91 Å². The Morgan fingerprint density at radius 2 is 1.75 bits per heavy atom. The van der Waals surface area contributed by atoms with Gasteiger partial charge in [-0.1, -0.05) is 0 Å². The smallest absolute Gasteiger partial charge is 0.241 e. The molecule has 0 aliphatic heterocycles. The van der Waals surface area contributed by atoms with Gasteiger partial charge in [0.2, 0.25) is 5.91 Å². The first-order valence-electron chi connectivity index (χ1n) is 4.86. The average molecular weight is 224 g/mol. The van der Waals surface area contributed by atoms with Crippen molar-refractivity contribution in [1.29, 1.82) is 0 Å². The number of benzene rings is 1. The van der Waals surface area contributed by atoms with E-state index in [1.165, 1.54) is 0 Å². The van der Waals surface area contributed by atoms with E-state index in [4.69, 9.17) is 15.2 Å². The fourth-order valence-electron chi connectivity index (χ4n) is 1.14. The van der Waals surface area contributed by atoms with Gasteiger partial charge in [-0.2, -0.15) is 0 Å². The molecule has 0 aliphatic carbocycles. The van der Waals surface area contributed by atoms with Gasteiger partial charge in [0.1, 0.15) is 11.5 Å². The van der Waals surface area contributed by atoms with Crippen LogP contribution in [0.2, 0.25) is 0 Å². The van der Waals surface area contributed by atoms with Crippen molar-refractivity contribution < 1.29 is 14.3 Å². The zero-order chi connectivity index (χ0) is 12.1. The van der Waals surface area contributed by atoms with Crippen molar-refractivity contribution in [2.75, 3.05) is 19.5 Å². The highest BCUT2D eigenvalue weighted by Crippen LogP contribution is 2.25. The Kier molecular flexibility index (Phi) is 4.13. The number of hydrogen-bond acceptors (Lipinski definition) is 4. The quantitative estimate of drug-likeness (QED) is 0.799. The monoisotopic (exact) mass is 224 g/mol. The predicted molar refractivity (Wildman–Crippen MR) is 61.8 cm³/mol. The van der Waals surface area contributed by atoms with Crippen LogP contribution in [-0.2, 0) is 4.79 Å². The lowest BCUT2D eigenvalue weighted by atomic mass is 10.2. The molecule has 0 fully saturated rings. The van der Waals surface area contributed by atoms with Crippen LogP contribution in [0.15, 0.2) is 18.2 Å². The van der Waals surface area contributed by atoms with Crippen molar-refractivity contribution in [3.8, 4) is 11.5 Å². The summed E-state index contributed by atoms with van der Waals surface area (Å²) in [6.45, 7) is 1.62. The summed E-state index contributed by atoms with van der Waals surface area (Å²) in [5.74, 6) is 0.967. The van der Waals surface area contributed by atoms with Crippen molar-refractivity contribution in [2.24, 2.45) is 5.73 Å². The Labute approximate surface area is 94.5 Å². The minimum Gasteiger partial charge on any atom is -0.497 e. The third-order valence-corrected chi connectivity index (χ3v) is 2.03. The van der Waals surface area contributed by atoms with Gasteiger partial charge in [-0.25, -0.2) is 0 Å². The lowest BCUT2D eigenvalue weighted by molar-refractivity contribution is -0.117. The number of nitrogens with one attached hydrogen (secondary N) is 1. The molecule has 0 unspecified atom stereocenters. The minimum atomic E-state index is -0.558. The Morgan fingerprint density at radius 3 is 2.12 bits per heavy atom. The SMILES string of the molecule is COc1cc(NC(=O)[C@@H](C)N)cc(OC)c1. The molecule has 3 N–H and O–H groups in total. The van der Waals surface area contributed by atoms with Gasteiger partial charge in [-0.05, 0) is 6.92 Å². The summed E-state index contributed by atoms with van der Waals surface area (Å²) >= 11 is 0. The molecule has 1 rings (SSSR count). The van der Waals surface area contributed by atoms with Gasteiger partial charge in [0.05, 0.1) is 20.3 Å². The van der Waals surface area contributed by atoms with E-state index in [1.54, 1.807) is 39.3 Å². The molecule has 0 saturated heterocycles. The number of ether oxygens (including phenoxy) is 2. The molecule has 5 nitrogen and oxygen atoms in total. The molecule has 1 aromatic carbocycles. The summed E-state index contributed by atoms with van der Waals surface area (Å²) in [6, 6.07) is 4.56. The maximum Gasteiger partial charge on any atom is 0.241 e. The number of rotatable bonds is 4. The van der Waals surface area contributed by atoms with E-state index >= 15 is 0 Å². The number of nitrogens with two attached hydrogens (primary N) is 1. The van der Waals surface area contributed by atoms with E-state index < -0.39 is 6.04 Å². The highest BCUT2D eigenvalue weighted by molar-refractivity contribution is 5.94. The van der Waals surface area contributed by atoms with E-state index in [2.05, 4.69) is 5.32 Å². The fraction of sp³-hybridized carbons (Fsp3) is 0.364. The van der Waals surface area contributed by atoms with E-state index in [9.17, 15) is 4.79 Å². The molecule has 1 amide bonds. The summed E-state index contributed by atoms with van der Waals surface area (Å²) in [4.78, 5) is 11.4. The number of carbonyl (C=O) groups is 1. The fourth-order valence-corrected chi connectivity index (χ4v) is 1.14. The zero-order valence-corrected chi connectivity index (χ0v) is 9.61. The van der Waals surface area contributed by atoms with Crippen LogP contribution < -0.4 is 20.5 Å². The molecule has 0 aliphatic rings. The van der Waals surface area contributed by atoms with Gasteiger partial charge in [-0.15, -0.1) is 0 Å². The molecule has 0 saturated carbocycles. The molecular formula is C11H16N2O3. The summed E-state index contributed by atoms with van der Waals surface area (Å²) in [5.41, 5.74) is 6.05. The second-order valence-corrected chi connectivity index (χ2v) is 3.38. The van der Waals surface area contributed by atoms with Crippen LogP contribution in [0.25, 0.3) is 0 Å². The predicted octanol–water partition coefficient (Wildman–Crippen LogP) is 0.989. The van der Waals surface area contributed by atoms with Crippen LogP contribution in [0.4, 0.5) is 5.69 Å². The number of amides is 1. The molecule has 0 spiro atoms. The summed E-state index contributed by atoms with van der Waals surface area (Å²) in [6.07, 6.45) is 0. The van der Waals surface area contributed by atoms with Gasteiger partial charge in [0.15, 0.2) is 0 Å².